The van der Waals surface area contributed by atoms with E-state index in [0.717, 1.165) is 25.8 Å². The highest BCUT2D eigenvalue weighted by atomic mass is 16.4. The molecule has 19 heavy (non-hydrogen) atoms. The normalized spacial score (nSPS) is 11.2. The van der Waals surface area contributed by atoms with Gasteiger partial charge in [-0.15, -0.1) is 0 Å². The van der Waals surface area contributed by atoms with Crippen molar-refractivity contribution in [1.29, 1.82) is 0 Å². The maximum Gasteiger partial charge on any atom is 0.317 e. The number of unbranched alkanes of at least 4 members (excludes halogenated alkanes) is 3. The van der Waals surface area contributed by atoms with E-state index in [2.05, 4.69) is 26.1 Å². The van der Waals surface area contributed by atoms with E-state index >= 15 is 0 Å². The molecule has 5 heteroatoms. The van der Waals surface area contributed by atoms with Gasteiger partial charge in [-0.3, -0.25) is 4.79 Å². The molecule has 0 rings (SSSR count). The largest absolute Gasteiger partial charge is 0.481 e. The van der Waals surface area contributed by atoms with Gasteiger partial charge in [-0.2, -0.15) is 0 Å². The maximum atomic E-state index is 11.7. The number of hydrogen-bond donors (Lipinski definition) is 2. The van der Waals surface area contributed by atoms with Crippen LogP contribution in [-0.2, 0) is 4.79 Å². The first-order valence-corrected chi connectivity index (χ1v) is 6.93. The molecular weight excluding hydrogens is 244 g/mol. The summed E-state index contributed by atoms with van der Waals surface area (Å²) < 4.78 is 0. The minimum absolute atomic E-state index is 0.0412. The van der Waals surface area contributed by atoms with Gasteiger partial charge in [0, 0.05) is 26.6 Å². The summed E-state index contributed by atoms with van der Waals surface area (Å²) in [4.78, 5) is 23.7. The van der Waals surface area contributed by atoms with E-state index in [1.54, 1.807) is 11.9 Å². The molecule has 0 radical (unpaired) electrons. The van der Waals surface area contributed by atoms with Crippen molar-refractivity contribution in [2.24, 2.45) is 5.41 Å². The van der Waals surface area contributed by atoms with Gasteiger partial charge in [0.15, 0.2) is 0 Å². The third kappa shape index (κ3) is 11.6. The van der Waals surface area contributed by atoms with E-state index in [9.17, 15) is 9.59 Å². The van der Waals surface area contributed by atoms with Gasteiger partial charge in [0.05, 0.1) is 0 Å². The van der Waals surface area contributed by atoms with Crippen LogP contribution in [0, 0.1) is 5.41 Å². The summed E-state index contributed by atoms with van der Waals surface area (Å²) in [7, 11) is 1.80. The minimum atomic E-state index is -0.739. The summed E-state index contributed by atoms with van der Waals surface area (Å²) in [5.74, 6) is -0.739. The fraction of sp³-hybridized carbons (Fsp3) is 0.857. The van der Waals surface area contributed by atoms with Crippen molar-refractivity contribution in [3.8, 4) is 0 Å². The van der Waals surface area contributed by atoms with E-state index in [1.165, 1.54) is 0 Å². The number of carbonyl (C=O) groups excluding carboxylic acids is 1. The summed E-state index contributed by atoms with van der Waals surface area (Å²) in [6, 6.07) is -0.0412. The number of urea groups is 1. The Morgan fingerprint density at radius 2 is 1.68 bits per heavy atom. The molecule has 0 aliphatic carbocycles. The van der Waals surface area contributed by atoms with E-state index in [-0.39, 0.29) is 17.9 Å². The zero-order chi connectivity index (χ0) is 14.9. The van der Waals surface area contributed by atoms with Crippen molar-refractivity contribution in [3.05, 3.63) is 0 Å². The average Bonchev–Trinajstić information content (AvgIpc) is 2.24. The highest BCUT2D eigenvalue weighted by molar-refractivity contribution is 5.73. The van der Waals surface area contributed by atoms with Crippen LogP contribution in [0.1, 0.15) is 52.9 Å². The van der Waals surface area contributed by atoms with Gasteiger partial charge in [-0.1, -0.05) is 33.6 Å². The first-order chi connectivity index (χ1) is 8.72. The van der Waals surface area contributed by atoms with Gasteiger partial charge in [0.25, 0.3) is 0 Å². The Kier molecular flexibility index (Phi) is 8.19. The number of aliphatic carboxylic acids is 1. The van der Waals surface area contributed by atoms with Crippen molar-refractivity contribution in [3.63, 3.8) is 0 Å². The van der Waals surface area contributed by atoms with Crippen molar-refractivity contribution in [1.82, 2.24) is 10.2 Å². The number of nitrogens with one attached hydrogen (secondary N) is 1. The highest BCUT2D eigenvalue weighted by Crippen LogP contribution is 2.13. The lowest BCUT2D eigenvalue weighted by Crippen LogP contribution is -2.41. The van der Waals surface area contributed by atoms with Crippen LogP contribution in [0.2, 0.25) is 0 Å². The number of rotatable bonds is 8. The number of amides is 2. The van der Waals surface area contributed by atoms with Crippen molar-refractivity contribution in [2.75, 3.05) is 20.1 Å². The molecule has 0 aliphatic heterocycles. The number of carboxylic acids is 1. The zero-order valence-electron chi connectivity index (χ0n) is 12.7. The molecule has 112 valence electrons. The Morgan fingerprint density at radius 3 is 2.21 bits per heavy atom. The Balaban J connectivity index is 3.55. The van der Waals surface area contributed by atoms with Crippen LogP contribution < -0.4 is 5.32 Å². The fourth-order valence-electron chi connectivity index (χ4n) is 1.87. The van der Waals surface area contributed by atoms with Crippen LogP contribution in [0.15, 0.2) is 0 Å². The first-order valence-electron chi connectivity index (χ1n) is 6.93. The SMILES string of the molecule is CN(CC(C)(C)C)C(=O)NCCCCCCC(=O)O. The molecule has 0 aromatic carbocycles. The highest BCUT2D eigenvalue weighted by Gasteiger charge is 2.16. The summed E-state index contributed by atoms with van der Waals surface area (Å²) in [6.07, 6.45) is 3.71. The average molecular weight is 272 g/mol. The number of hydrogen-bond acceptors (Lipinski definition) is 2. The quantitative estimate of drug-likeness (QED) is 0.667. The number of carboxylic acid groups (broad SMARTS) is 1. The van der Waals surface area contributed by atoms with Crippen LogP contribution in [0.25, 0.3) is 0 Å². The van der Waals surface area contributed by atoms with Gasteiger partial charge < -0.3 is 15.3 Å². The third-order valence-electron chi connectivity index (χ3n) is 2.65. The van der Waals surface area contributed by atoms with Crippen LogP contribution in [0.4, 0.5) is 4.79 Å². The van der Waals surface area contributed by atoms with Crippen LogP contribution >= 0.6 is 0 Å². The molecule has 2 amide bonds. The molecule has 0 saturated heterocycles. The van der Waals surface area contributed by atoms with E-state index in [4.69, 9.17) is 5.11 Å². The lowest BCUT2D eigenvalue weighted by molar-refractivity contribution is -0.137. The molecule has 0 saturated carbocycles. The standard InChI is InChI=1S/C14H28N2O3/c1-14(2,3)11-16(4)13(19)15-10-8-6-5-7-9-12(17)18/h5-11H2,1-4H3,(H,15,19)(H,17,18). The summed E-state index contributed by atoms with van der Waals surface area (Å²) in [5, 5.41) is 11.4. The monoisotopic (exact) mass is 272 g/mol. The second-order valence-electron chi connectivity index (χ2n) is 6.21. The summed E-state index contributed by atoms with van der Waals surface area (Å²) in [6.45, 7) is 7.66. The Bertz CT molecular complexity index is 285. The van der Waals surface area contributed by atoms with Crippen LogP contribution in [0.5, 0.6) is 0 Å². The lowest BCUT2D eigenvalue weighted by Gasteiger charge is -2.26. The van der Waals surface area contributed by atoms with Gasteiger partial charge in [-0.25, -0.2) is 4.79 Å². The molecular formula is C14H28N2O3. The van der Waals surface area contributed by atoms with Crippen LogP contribution in [0.3, 0.4) is 0 Å². The van der Waals surface area contributed by atoms with Crippen LogP contribution in [-0.4, -0.2) is 42.1 Å². The van der Waals surface area contributed by atoms with E-state index in [0.29, 0.717) is 13.0 Å². The van der Waals surface area contributed by atoms with Crippen molar-refractivity contribution in [2.45, 2.75) is 52.9 Å². The summed E-state index contributed by atoms with van der Waals surface area (Å²) in [5.41, 5.74) is 0.100. The second-order valence-corrected chi connectivity index (χ2v) is 6.21. The second kappa shape index (κ2) is 8.77. The van der Waals surface area contributed by atoms with E-state index in [1.807, 2.05) is 0 Å². The van der Waals surface area contributed by atoms with Crippen molar-refractivity contribution < 1.29 is 14.7 Å². The molecule has 0 unspecified atom stereocenters. The Morgan fingerprint density at radius 1 is 1.11 bits per heavy atom. The molecule has 0 spiro atoms. The summed E-state index contributed by atoms with van der Waals surface area (Å²) >= 11 is 0. The molecule has 0 heterocycles. The predicted molar refractivity (Wildman–Crippen MR) is 76.2 cm³/mol. The molecule has 0 aromatic heterocycles. The Labute approximate surface area is 116 Å². The topological polar surface area (TPSA) is 69.6 Å². The molecule has 5 nitrogen and oxygen atoms in total. The molecule has 0 bridgehead atoms. The zero-order valence-corrected chi connectivity index (χ0v) is 12.7. The molecule has 2 N–H and O–H groups in total. The molecule has 0 fully saturated rings. The molecule has 0 atom stereocenters. The van der Waals surface area contributed by atoms with E-state index < -0.39 is 5.97 Å². The molecule has 0 aromatic rings. The number of carbonyl (C=O) groups is 2. The lowest BCUT2D eigenvalue weighted by atomic mass is 9.96. The van der Waals surface area contributed by atoms with Gasteiger partial charge >= 0.3 is 12.0 Å². The third-order valence-corrected chi connectivity index (χ3v) is 2.65. The predicted octanol–water partition coefficient (Wildman–Crippen LogP) is 2.71. The van der Waals surface area contributed by atoms with Gasteiger partial charge in [0.1, 0.15) is 0 Å². The maximum absolute atomic E-state index is 11.7. The van der Waals surface area contributed by atoms with Crippen molar-refractivity contribution >= 4 is 12.0 Å². The fourth-order valence-corrected chi connectivity index (χ4v) is 1.87. The van der Waals surface area contributed by atoms with Gasteiger partial charge in [-0.05, 0) is 18.3 Å². The Hall–Kier alpha value is -1.26. The van der Waals surface area contributed by atoms with Gasteiger partial charge in [0.2, 0.25) is 0 Å². The minimum Gasteiger partial charge on any atom is -0.481 e. The first kappa shape index (κ1) is 17.7. The number of nitrogens with zero attached hydrogens (tertiary/aromatic N) is 1. The molecule has 0 aliphatic rings. The smallest absolute Gasteiger partial charge is 0.317 e.